The molecule has 1 aliphatic rings. The first-order chi connectivity index (χ1) is 24.4. The smallest absolute Gasteiger partial charge is 0.410 e. The number of fused-ring (bicyclic) bond motifs is 2. The van der Waals surface area contributed by atoms with Gasteiger partial charge in [0, 0.05) is 43.7 Å². The lowest BCUT2D eigenvalue weighted by atomic mass is 10.00. The van der Waals surface area contributed by atoms with E-state index in [4.69, 9.17) is 9.47 Å². The quantitative estimate of drug-likeness (QED) is 0.169. The molecule has 0 unspecified atom stereocenters. The molecule has 0 spiro atoms. The number of pyridine rings is 1. The summed E-state index contributed by atoms with van der Waals surface area (Å²) < 4.78 is 41.6. The fraction of sp³-hybridized carbons (Fsp3) is 0.231. The Bertz CT molecular complexity index is 2330. The predicted molar refractivity (Wildman–Crippen MR) is 195 cm³/mol. The van der Waals surface area contributed by atoms with Crippen LogP contribution in [-0.4, -0.2) is 50.5 Å². The number of rotatable bonds is 8. The highest BCUT2D eigenvalue weighted by Crippen LogP contribution is 2.40. The monoisotopic (exact) mass is 702 g/mol. The Kier molecular flexibility index (Phi) is 8.94. The highest BCUT2D eigenvalue weighted by atomic mass is 32.2. The molecule has 1 amide bonds. The molecule has 0 aliphatic carbocycles. The number of nitrogens with one attached hydrogen (secondary N) is 1. The molecule has 1 N–H and O–H groups in total. The van der Waals surface area contributed by atoms with Gasteiger partial charge in [-0.25, -0.2) is 32.1 Å². The molecule has 1 aliphatic heterocycles. The second-order valence-electron chi connectivity index (χ2n) is 13.5. The van der Waals surface area contributed by atoms with E-state index in [9.17, 15) is 13.2 Å². The van der Waals surface area contributed by atoms with E-state index in [2.05, 4.69) is 20.3 Å². The van der Waals surface area contributed by atoms with Crippen molar-refractivity contribution in [1.82, 2.24) is 23.8 Å². The summed E-state index contributed by atoms with van der Waals surface area (Å²) in [6, 6.07) is 25.9. The minimum absolute atomic E-state index is 0.127. The SMILES string of the molecule is Cc1ccc(S(=O)(=O)n2cc(-c3cc(NCc4ccccc4)ncn3)c3c(Oc4ccc5c(c4)CN(C(=O)OC(C)(C)C)CC5)ccnc32)cc1. The average Bonchev–Trinajstić information content (AvgIpc) is 3.52. The molecule has 0 bridgehead atoms. The number of aryl methyl sites for hydroxylation is 1. The van der Waals surface area contributed by atoms with Crippen molar-refractivity contribution in [1.29, 1.82) is 0 Å². The van der Waals surface area contributed by atoms with Crippen molar-refractivity contribution >= 4 is 33.0 Å². The van der Waals surface area contributed by atoms with Crippen LogP contribution in [0.2, 0.25) is 0 Å². The highest BCUT2D eigenvalue weighted by molar-refractivity contribution is 7.90. The van der Waals surface area contributed by atoms with Crippen molar-refractivity contribution in [2.45, 2.75) is 57.7 Å². The fourth-order valence-corrected chi connectivity index (χ4v) is 7.30. The van der Waals surface area contributed by atoms with Crippen LogP contribution in [0.1, 0.15) is 43.0 Å². The van der Waals surface area contributed by atoms with Gasteiger partial charge in [0.1, 0.15) is 29.2 Å². The van der Waals surface area contributed by atoms with Gasteiger partial charge >= 0.3 is 6.09 Å². The van der Waals surface area contributed by atoms with Crippen molar-refractivity contribution in [2.75, 3.05) is 11.9 Å². The third-order valence-electron chi connectivity index (χ3n) is 8.52. The average molecular weight is 703 g/mol. The Labute approximate surface area is 297 Å². The maximum atomic E-state index is 14.1. The fourth-order valence-electron chi connectivity index (χ4n) is 5.98. The molecule has 3 aromatic carbocycles. The van der Waals surface area contributed by atoms with Gasteiger partial charge in [-0.2, -0.15) is 0 Å². The van der Waals surface area contributed by atoms with E-state index in [1.54, 1.807) is 41.3 Å². The standard InChI is InChI=1S/C39H38N6O5S/c1-26-10-14-31(15-11-26)51(47,48)45-24-32(33-21-35(43-25-42-33)41-22-27-8-6-5-7-9-27)36-34(16-18-40-37(36)45)49-30-13-12-28-17-19-44(23-29(28)20-30)38(46)50-39(2,3)4/h5-16,18,20-21,24-25H,17,19,22-23H2,1-4H3,(H,41,42,43). The molecule has 3 aromatic heterocycles. The molecule has 0 saturated carbocycles. The van der Waals surface area contributed by atoms with E-state index < -0.39 is 15.6 Å². The number of anilines is 1. The number of carbonyl (C=O) groups is 1. The third-order valence-corrected chi connectivity index (χ3v) is 10.2. The van der Waals surface area contributed by atoms with Crippen LogP contribution in [0, 0.1) is 6.92 Å². The van der Waals surface area contributed by atoms with Gasteiger partial charge in [-0.15, -0.1) is 0 Å². The molecular weight excluding hydrogens is 665 g/mol. The number of hydrogen-bond acceptors (Lipinski definition) is 9. The molecular formula is C39H38N6O5S. The maximum Gasteiger partial charge on any atom is 0.410 e. The summed E-state index contributed by atoms with van der Waals surface area (Å²) in [4.78, 5) is 28.2. The van der Waals surface area contributed by atoms with Crippen LogP contribution >= 0.6 is 0 Å². The molecule has 12 heteroatoms. The second kappa shape index (κ2) is 13.5. The number of nitrogens with zero attached hydrogens (tertiary/aromatic N) is 5. The van der Waals surface area contributed by atoms with Gasteiger partial charge in [0.05, 0.1) is 16.0 Å². The van der Waals surface area contributed by atoms with E-state index >= 15 is 0 Å². The Balaban J connectivity index is 1.28. The van der Waals surface area contributed by atoms with Gasteiger partial charge in [0.25, 0.3) is 10.0 Å². The zero-order valence-electron chi connectivity index (χ0n) is 28.8. The number of amides is 1. The number of hydrogen-bond donors (Lipinski definition) is 1. The first kappa shape index (κ1) is 33.7. The maximum absolute atomic E-state index is 14.1. The van der Waals surface area contributed by atoms with Crippen LogP contribution < -0.4 is 10.1 Å². The Hall–Kier alpha value is -5.75. The van der Waals surface area contributed by atoms with Crippen LogP contribution in [0.25, 0.3) is 22.3 Å². The van der Waals surface area contributed by atoms with Gasteiger partial charge in [0.15, 0.2) is 5.65 Å². The summed E-state index contributed by atoms with van der Waals surface area (Å²) in [5.41, 5.74) is 4.67. The Morgan fingerprint density at radius 1 is 0.922 bits per heavy atom. The lowest BCUT2D eigenvalue weighted by Crippen LogP contribution is -2.39. The van der Waals surface area contributed by atoms with Crippen molar-refractivity contribution in [2.24, 2.45) is 0 Å². The zero-order valence-corrected chi connectivity index (χ0v) is 29.6. The first-order valence-electron chi connectivity index (χ1n) is 16.6. The lowest BCUT2D eigenvalue weighted by molar-refractivity contribution is 0.0223. The molecule has 4 heterocycles. The van der Waals surface area contributed by atoms with E-state index in [-0.39, 0.29) is 16.6 Å². The summed E-state index contributed by atoms with van der Waals surface area (Å²) in [5.74, 6) is 1.49. The topological polar surface area (TPSA) is 129 Å². The van der Waals surface area contributed by atoms with Crippen molar-refractivity contribution in [3.8, 4) is 22.8 Å². The van der Waals surface area contributed by atoms with Gasteiger partial charge in [-0.1, -0.05) is 54.1 Å². The van der Waals surface area contributed by atoms with Gasteiger partial charge in [-0.05, 0) is 81.1 Å². The minimum Gasteiger partial charge on any atom is -0.457 e. The Morgan fingerprint density at radius 3 is 2.47 bits per heavy atom. The van der Waals surface area contributed by atoms with Crippen molar-refractivity contribution in [3.05, 3.63) is 126 Å². The summed E-state index contributed by atoms with van der Waals surface area (Å²) in [6.07, 6.45) is 4.83. The number of benzene rings is 3. The largest absolute Gasteiger partial charge is 0.457 e. The van der Waals surface area contributed by atoms with Crippen LogP contribution in [0.5, 0.6) is 11.5 Å². The normalized spacial score (nSPS) is 13.1. The summed E-state index contributed by atoms with van der Waals surface area (Å²) in [6.45, 7) is 8.92. The molecule has 260 valence electrons. The van der Waals surface area contributed by atoms with Crippen LogP contribution in [0.15, 0.2) is 109 Å². The molecule has 11 nitrogen and oxygen atoms in total. The number of carbonyl (C=O) groups excluding carboxylic acids is 1. The molecule has 0 fully saturated rings. The van der Waals surface area contributed by atoms with E-state index in [1.165, 1.54) is 22.7 Å². The van der Waals surface area contributed by atoms with Crippen LogP contribution in [0.4, 0.5) is 10.6 Å². The predicted octanol–water partition coefficient (Wildman–Crippen LogP) is 7.74. The van der Waals surface area contributed by atoms with Gasteiger partial charge in [0.2, 0.25) is 0 Å². The van der Waals surface area contributed by atoms with Crippen LogP contribution in [0.3, 0.4) is 0 Å². The van der Waals surface area contributed by atoms with E-state index in [1.807, 2.05) is 76.2 Å². The molecule has 0 atom stereocenters. The molecule has 51 heavy (non-hydrogen) atoms. The highest BCUT2D eigenvalue weighted by Gasteiger charge is 2.28. The summed E-state index contributed by atoms with van der Waals surface area (Å²) in [5, 5.41) is 3.80. The molecule has 6 aromatic rings. The zero-order chi connectivity index (χ0) is 35.8. The summed E-state index contributed by atoms with van der Waals surface area (Å²) in [7, 11) is -4.06. The van der Waals surface area contributed by atoms with Crippen molar-refractivity contribution in [3.63, 3.8) is 0 Å². The van der Waals surface area contributed by atoms with Gasteiger partial charge < -0.3 is 19.7 Å². The first-order valence-corrected chi connectivity index (χ1v) is 18.1. The van der Waals surface area contributed by atoms with E-state index in [0.29, 0.717) is 60.0 Å². The van der Waals surface area contributed by atoms with Crippen molar-refractivity contribution < 1.29 is 22.7 Å². The van der Waals surface area contributed by atoms with E-state index in [0.717, 1.165) is 22.3 Å². The lowest BCUT2D eigenvalue weighted by Gasteiger charge is -2.31. The number of ether oxygens (including phenoxy) is 2. The second-order valence-corrected chi connectivity index (χ2v) is 15.3. The number of aromatic nitrogens is 4. The Morgan fingerprint density at radius 2 is 1.71 bits per heavy atom. The molecule has 0 radical (unpaired) electrons. The van der Waals surface area contributed by atoms with Crippen LogP contribution in [-0.2, 0) is 34.3 Å². The summed E-state index contributed by atoms with van der Waals surface area (Å²) >= 11 is 0. The van der Waals surface area contributed by atoms with Gasteiger partial charge in [-0.3, -0.25) is 0 Å². The minimum atomic E-state index is -4.06. The molecule has 0 saturated heterocycles. The third kappa shape index (κ3) is 7.27. The molecule has 7 rings (SSSR count).